The SMILES string of the molecule is COc1cccc(CN(C)C(CN)C2CCC(C)CC2)c1. The third-order valence-electron chi connectivity index (χ3n) is 4.98. The lowest BCUT2D eigenvalue weighted by Crippen LogP contribution is -2.44. The summed E-state index contributed by atoms with van der Waals surface area (Å²) in [6, 6.07) is 8.82. The van der Waals surface area contributed by atoms with Gasteiger partial charge < -0.3 is 10.5 Å². The molecule has 1 aromatic carbocycles. The Morgan fingerprint density at radius 1 is 1.29 bits per heavy atom. The van der Waals surface area contributed by atoms with Crippen molar-refractivity contribution in [3.8, 4) is 5.75 Å². The van der Waals surface area contributed by atoms with Gasteiger partial charge in [-0.15, -0.1) is 0 Å². The highest BCUT2D eigenvalue weighted by atomic mass is 16.5. The molecule has 3 heteroatoms. The Labute approximate surface area is 129 Å². The number of likely N-dealkylation sites (N-methyl/N-ethyl adjacent to an activating group) is 1. The topological polar surface area (TPSA) is 38.5 Å². The van der Waals surface area contributed by atoms with Crippen molar-refractivity contribution in [3.05, 3.63) is 29.8 Å². The van der Waals surface area contributed by atoms with Crippen LogP contribution >= 0.6 is 0 Å². The number of rotatable bonds is 6. The van der Waals surface area contributed by atoms with Gasteiger partial charge in [0.15, 0.2) is 0 Å². The highest BCUT2D eigenvalue weighted by molar-refractivity contribution is 5.28. The van der Waals surface area contributed by atoms with Crippen LogP contribution in [-0.2, 0) is 6.54 Å². The highest BCUT2D eigenvalue weighted by Gasteiger charge is 2.27. The van der Waals surface area contributed by atoms with Crippen LogP contribution in [0.4, 0.5) is 0 Å². The Bertz CT molecular complexity index is 427. The minimum atomic E-state index is 0.490. The summed E-state index contributed by atoms with van der Waals surface area (Å²) >= 11 is 0. The van der Waals surface area contributed by atoms with Crippen LogP contribution in [0.3, 0.4) is 0 Å². The lowest BCUT2D eigenvalue weighted by molar-refractivity contribution is 0.130. The van der Waals surface area contributed by atoms with Gasteiger partial charge in [0, 0.05) is 19.1 Å². The third kappa shape index (κ3) is 4.45. The van der Waals surface area contributed by atoms with Crippen LogP contribution in [0.25, 0.3) is 0 Å². The quantitative estimate of drug-likeness (QED) is 0.874. The number of hydrogen-bond acceptors (Lipinski definition) is 3. The van der Waals surface area contributed by atoms with Gasteiger partial charge in [0.1, 0.15) is 5.75 Å². The molecule has 1 unspecified atom stereocenters. The van der Waals surface area contributed by atoms with E-state index in [1.54, 1.807) is 7.11 Å². The second kappa shape index (κ2) is 7.81. The predicted octanol–water partition coefficient (Wildman–Crippen LogP) is 3.28. The van der Waals surface area contributed by atoms with E-state index in [1.807, 2.05) is 6.07 Å². The number of nitrogens with two attached hydrogens (primary N) is 1. The van der Waals surface area contributed by atoms with Crippen molar-refractivity contribution in [2.75, 3.05) is 20.7 Å². The molecule has 1 saturated carbocycles. The molecule has 1 aromatic rings. The molecular formula is C18H30N2O. The summed E-state index contributed by atoms with van der Waals surface area (Å²) < 4.78 is 5.31. The fraction of sp³-hybridized carbons (Fsp3) is 0.667. The van der Waals surface area contributed by atoms with Crippen LogP contribution in [0.2, 0.25) is 0 Å². The fourth-order valence-corrected chi connectivity index (χ4v) is 3.58. The molecule has 0 aliphatic heterocycles. The van der Waals surface area contributed by atoms with Crippen molar-refractivity contribution >= 4 is 0 Å². The fourth-order valence-electron chi connectivity index (χ4n) is 3.58. The van der Waals surface area contributed by atoms with Crippen LogP contribution < -0.4 is 10.5 Å². The second-order valence-electron chi connectivity index (χ2n) is 6.59. The highest BCUT2D eigenvalue weighted by Crippen LogP contribution is 2.32. The lowest BCUT2D eigenvalue weighted by Gasteiger charge is -2.37. The molecule has 1 atom stereocenters. The zero-order valence-electron chi connectivity index (χ0n) is 13.7. The van der Waals surface area contributed by atoms with Crippen molar-refractivity contribution in [1.29, 1.82) is 0 Å². The molecule has 118 valence electrons. The van der Waals surface area contributed by atoms with Gasteiger partial charge in [-0.05, 0) is 49.4 Å². The maximum Gasteiger partial charge on any atom is 0.119 e. The van der Waals surface area contributed by atoms with Crippen molar-refractivity contribution in [2.45, 2.75) is 45.2 Å². The van der Waals surface area contributed by atoms with Gasteiger partial charge in [0.05, 0.1) is 7.11 Å². The van der Waals surface area contributed by atoms with Crippen LogP contribution in [0.5, 0.6) is 5.75 Å². The smallest absolute Gasteiger partial charge is 0.119 e. The standard InChI is InChI=1S/C18H30N2O/c1-14-7-9-16(10-8-14)18(12-19)20(2)13-15-5-4-6-17(11-15)21-3/h4-6,11,14,16,18H,7-10,12-13,19H2,1-3H3. The van der Waals surface area contributed by atoms with Gasteiger partial charge in [0.25, 0.3) is 0 Å². The summed E-state index contributed by atoms with van der Waals surface area (Å²) in [6.45, 7) is 4.05. The molecule has 1 fully saturated rings. The van der Waals surface area contributed by atoms with E-state index < -0.39 is 0 Å². The number of benzene rings is 1. The third-order valence-corrected chi connectivity index (χ3v) is 4.98. The lowest BCUT2D eigenvalue weighted by atomic mass is 9.79. The average molecular weight is 290 g/mol. The van der Waals surface area contributed by atoms with Gasteiger partial charge in [-0.2, -0.15) is 0 Å². The Morgan fingerprint density at radius 2 is 2.00 bits per heavy atom. The summed E-state index contributed by atoms with van der Waals surface area (Å²) in [5.74, 6) is 2.57. The zero-order chi connectivity index (χ0) is 15.2. The molecule has 0 radical (unpaired) electrons. The van der Waals surface area contributed by atoms with Crippen molar-refractivity contribution in [1.82, 2.24) is 4.90 Å². The van der Waals surface area contributed by atoms with Crippen LogP contribution in [0.1, 0.15) is 38.2 Å². The molecule has 2 rings (SSSR count). The van der Waals surface area contributed by atoms with E-state index in [0.29, 0.717) is 6.04 Å². The molecule has 2 N–H and O–H groups in total. The molecule has 1 aliphatic rings. The monoisotopic (exact) mass is 290 g/mol. The molecule has 3 nitrogen and oxygen atoms in total. The maximum absolute atomic E-state index is 6.08. The van der Waals surface area contributed by atoms with Crippen LogP contribution in [0.15, 0.2) is 24.3 Å². The minimum Gasteiger partial charge on any atom is -0.497 e. The Hall–Kier alpha value is -1.06. The summed E-state index contributed by atoms with van der Waals surface area (Å²) in [7, 11) is 3.92. The number of ether oxygens (including phenoxy) is 1. The van der Waals surface area contributed by atoms with E-state index >= 15 is 0 Å². The van der Waals surface area contributed by atoms with Gasteiger partial charge in [-0.25, -0.2) is 0 Å². The Morgan fingerprint density at radius 3 is 2.62 bits per heavy atom. The van der Waals surface area contributed by atoms with Crippen LogP contribution in [0, 0.1) is 11.8 Å². The molecule has 0 aromatic heterocycles. The first-order valence-corrected chi connectivity index (χ1v) is 8.17. The molecule has 0 saturated heterocycles. The van der Waals surface area contributed by atoms with E-state index in [1.165, 1.54) is 31.2 Å². The number of methoxy groups -OCH3 is 1. The van der Waals surface area contributed by atoms with E-state index in [-0.39, 0.29) is 0 Å². The second-order valence-corrected chi connectivity index (χ2v) is 6.59. The van der Waals surface area contributed by atoms with E-state index in [0.717, 1.165) is 30.7 Å². The van der Waals surface area contributed by atoms with Crippen molar-refractivity contribution < 1.29 is 4.74 Å². The van der Waals surface area contributed by atoms with Gasteiger partial charge in [0.2, 0.25) is 0 Å². The zero-order valence-corrected chi connectivity index (χ0v) is 13.7. The van der Waals surface area contributed by atoms with E-state index in [4.69, 9.17) is 10.5 Å². The number of nitrogens with zero attached hydrogens (tertiary/aromatic N) is 1. The normalized spacial score (nSPS) is 24.0. The molecule has 0 spiro atoms. The Balaban J connectivity index is 1.97. The van der Waals surface area contributed by atoms with Crippen LogP contribution in [-0.4, -0.2) is 31.6 Å². The molecule has 0 heterocycles. The van der Waals surface area contributed by atoms with E-state index in [2.05, 4.69) is 37.1 Å². The molecular weight excluding hydrogens is 260 g/mol. The molecule has 21 heavy (non-hydrogen) atoms. The molecule has 1 aliphatic carbocycles. The maximum atomic E-state index is 6.08. The molecule has 0 amide bonds. The molecule has 0 bridgehead atoms. The van der Waals surface area contributed by atoms with E-state index in [9.17, 15) is 0 Å². The summed E-state index contributed by atoms with van der Waals surface area (Å²) in [5, 5.41) is 0. The van der Waals surface area contributed by atoms with Crippen molar-refractivity contribution in [3.63, 3.8) is 0 Å². The number of hydrogen-bond donors (Lipinski definition) is 1. The van der Waals surface area contributed by atoms with Gasteiger partial charge >= 0.3 is 0 Å². The summed E-state index contributed by atoms with van der Waals surface area (Å²) in [5.41, 5.74) is 7.37. The first-order valence-electron chi connectivity index (χ1n) is 8.17. The van der Waals surface area contributed by atoms with Crippen molar-refractivity contribution in [2.24, 2.45) is 17.6 Å². The minimum absolute atomic E-state index is 0.490. The predicted molar refractivity (Wildman–Crippen MR) is 88.4 cm³/mol. The summed E-state index contributed by atoms with van der Waals surface area (Å²) in [6.07, 6.45) is 5.36. The largest absolute Gasteiger partial charge is 0.497 e. The first-order chi connectivity index (χ1) is 10.1. The summed E-state index contributed by atoms with van der Waals surface area (Å²) in [4.78, 5) is 2.43. The van der Waals surface area contributed by atoms with Gasteiger partial charge in [-0.1, -0.05) is 31.9 Å². The Kier molecular flexibility index (Phi) is 6.07. The first kappa shape index (κ1) is 16.3. The average Bonchev–Trinajstić information content (AvgIpc) is 2.50. The van der Waals surface area contributed by atoms with Gasteiger partial charge in [-0.3, -0.25) is 4.90 Å².